The molecule has 2 rings (SSSR count). The van der Waals surface area contributed by atoms with Crippen LogP contribution in [-0.4, -0.2) is 0 Å². The van der Waals surface area contributed by atoms with Crippen LogP contribution in [0, 0.1) is 5.92 Å². The predicted octanol–water partition coefficient (Wildman–Crippen LogP) is 5.35. The van der Waals surface area contributed by atoms with E-state index in [9.17, 15) is 0 Å². The quantitative estimate of drug-likeness (QED) is 0.569. The minimum absolute atomic E-state index is 0.838. The highest BCUT2D eigenvalue weighted by atomic mass is 14.3. The van der Waals surface area contributed by atoms with E-state index in [4.69, 9.17) is 0 Å². The third kappa shape index (κ3) is 3.46. The molecule has 2 aliphatic carbocycles. The average Bonchev–Trinajstić information content (AvgIpc) is 2.39. The van der Waals surface area contributed by atoms with Crippen molar-refractivity contribution in [3.05, 3.63) is 47.6 Å². The van der Waals surface area contributed by atoms with E-state index in [0.717, 1.165) is 5.92 Å². The fraction of sp³-hybridized carbons (Fsp3) is 0.529. The molecule has 1 atom stereocenters. The minimum atomic E-state index is 0.838. The first-order valence-corrected chi connectivity index (χ1v) is 7.08. The molecule has 92 valence electrons. The molecule has 0 nitrogen and oxygen atoms in total. The SMILES string of the molecule is C/C=C\C=C/CC[C@H]1CCCC2=C1C=CCC2. The largest absolute Gasteiger partial charge is 0.0877 e. The molecule has 0 N–H and O–H groups in total. The Morgan fingerprint density at radius 3 is 3.12 bits per heavy atom. The van der Waals surface area contributed by atoms with Gasteiger partial charge in [0.05, 0.1) is 0 Å². The zero-order valence-electron chi connectivity index (χ0n) is 11.0. The van der Waals surface area contributed by atoms with E-state index in [1.165, 1.54) is 44.9 Å². The van der Waals surface area contributed by atoms with Crippen molar-refractivity contribution >= 4 is 0 Å². The minimum Gasteiger partial charge on any atom is -0.0877 e. The number of hydrogen-bond donors (Lipinski definition) is 0. The summed E-state index contributed by atoms with van der Waals surface area (Å²) >= 11 is 0. The van der Waals surface area contributed by atoms with Crippen LogP contribution in [-0.2, 0) is 0 Å². The van der Waals surface area contributed by atoms with Crippen molar-refractivity contribution in [3.8, 4) is 0 Å². The Kier molecular flexibility index (Phi) is 4.85. The highest BCUT2D eigenvalue weighted by Crippen LogP contribution is 2.38. The van der Waals surface area contributed by atoms with Crippen LogP contribution in [0.3, 0.4) is 0 Å². The molecule has 0 heteroatoms. The van der Waals surface area contributed by atoms with E-state index < -0.39 is 0 Å². The molecule has 0 fully saturated rings. The van der Waals surface area contributed by atoms with Crippen molar-refractivity contribution in [3.63, 3.8) is 0 Å². The molecule has 0 aromatic carbocycles. The van der Waals surface area contributed by atoms with Crippen LogP contribution in [0.5, 0.6) is 0 Å². The second kappa shape index (κ2) is 6.64. The van der Waals surface area contributed by atoms with Crippen molar-refractivity contribution in [1.29, 1.82) is 0 Å². The Balaban J connectivity index is 1.90. The van der Waals surface area contributed by atoms with Gasteiger partial charge in [0.2, 0.25) is 0 Å². The Bertz CT molecular complexity index is 352. The highest BCUT2D eigenvalue weighted by Gasteiger charge is 2.21. The van der Waals surface area contributed by atoms with Gasteiger partial charge < -0.3 is 0 Å². The molecule has 0 unspecified atom stereocenters. The molecule has 2 aliphatic rings. The molecule has 17 heavy (non-hydrogen) atoms. The van der Waals surface area contributed by atoms with Crippen LogP contribution in [0.1, 0.15) is 51.9 Å². The van der Waals surface area contributed by atoms with Crippen molar-refractivity contribution in [1.82, 2.24) is 0 Å². The van der Waals surface area contributed by atoms with Crippen molar-refractivity contribution in [2.75, 3.05) is 0 Å². The smallest absolute Gasteiger partial charge is 0.0159 e. The number of hydrogen-bond acceptors (Lipinski definition) is 0. The lowest BCUT2D eigenvalue weighted by Crippen LogP contribution is -2.13. The maximum Gasteiger partial charge on any atom is -0.0159 e. The van der Waals surface area contributed by atoms with Gasteiger partial charge in [0, 0.05) is 0 Å². The first-order chi connectivity index (χ1) is 8.42. The summed E-state index contributed by atoms with van der Waals surface area (Å²) in [5, 5.41) is 0. The molecule has 0 spiro atoms. The molecule has 0 amide bonds. The molecule has 0 bridgehead atoms. The maximum atomic E-state index is 2.42. The lowest BCUT2D eigenvalue weighted by Gasteiger charge is -2.29. The van der Waals surface area contributed by atoms with Crippen LogP contribution in [0.15, 0.2) is 47.6 Å². The summed E-state index contributed by atoms with van der Waals surface area (Å²) < 4.78 is 0. The van der Waals surface area contributed by atoms with E-state index in [-0.39, 0.29) is 0 Å². The van der Waals surface area contributed by atoms with E-state index in [1.807, 2.05) is 0 Å². The summed E-state index contributed by atoms with van der Waals surface area (Å²) in [5.74, 6) is 0.838. The fourth-order valence-electron chi connectivity index (χ4n) is 3.02. The van der Waals surface area contributed by atoms with Crippen molar-refractivity contribution in [2.24, 2.45) is 5.92 Å². The van der Waals surface area contributed by atoms with Gasteiger partial charge in [-0.25, -0.2) is 0 Å². The third-order valence-corrected chi connectivity index (χ3v) is 3.91. The normalized spacial score (nSPS) is 24.9. The van der Waals surface area contributed by atoms with Crippen molar-refractivity contribution in [2.45, 2.75) is 51.9 Å². The molecule has 0 aliphatic heterocycles. The van der Waals surface area contributed by atoms with Crippen LogP contribution in [0.4, 0.5) is 0 Å². The monoisotopic (exact) mass is 228 g/mol. The van der Waals surface area contributed by atoms with Crippen molar-refractivity contribution < 1.29 is 0 Å². The molecule has 0 heterocycles. The molecule has 0 aromatic rings. The van der Waals surface area contributed by atoms with Gasteiger partial charge in [0.1, 0.15) is 0 Å². The summed E-state index contributed by atoms with van der Waals surface area (Å²) in [6.07, 6.45) is 22.8. The van der Waals surface area contributed by atoms with Crippen LogP contribution in [0.2, 0.25) is 0 Å². The summed E-state index contributed by atoms with van der Waals surface area (Å²) in [6, 6.07) is 0. The molecular weight excluding hydrogens is 204 g/mol. The maximum absolute atomic E-state index is 2.42. The van der Waals surface area contributed by atoms with Crippen LogP contribution < -0.4 is 0 Å². The Labute approximate surface area is 106 Å². The summed E-state index contributed by atoms with van der Waals surface area (Å²) in [5.41, 5.74) is 3.46. The van der Waals surface area contributed by atoms with Gasteiger partial charge in [-0.15, -0.1) is 0 Å². The van der Waals surface area contributed by atoms with Gasteiger partial charge in [0.15, 0.2) is 0 Å². The van der Waals surface area contributed by atoms with E-state index in [1.54, 1.807) is 11.1 Å². The second-order valence-corrected chi connectivity index (χ2v) is 5.12. The number of rotatable bonds is 4. The predicted molar refractivity (Wildman–Crippen MR) is 75.9 cm³/mol. The summed E-state index contributed by atoms with van der Waals surface area (Å²) in [4.78, 5) is 0. The average molecular weight is 228 g/mol. The van der Waals surface area contributed by atoms with Gasteiger partial charge >= 0.3 is 0 Å². The summed E-state index contributed by atoms with van der Waals surface area (Å²) in [6.45, 7) is 2.06. The van der Waals surface area contributed by atoms with Gasteiger partial charge in [-0.1, -0.05) is 42.0 Å². The van der Waals surface area contributed by atoms with E-state index in [2.05, 4.69) is 43.4 Å². The van der Waals surface area contributed by atoms with E-state index >= 15 is 0 Å². The molecular formula is C17H24. The Morgan fingerprint density at radius 2 is 2.24 bits per heavy atom. The standard InChI is InChI=1S/C17H24/c1-2-3-4-5-6-10-15-12-9-13-16-11-7-8-14-17(15)16/h2-5,8,14-15H,6-7,9-13H2,1H3/b3-2-,5-4-/t15-/m0/s1. The first kappa shape index (κ1) is 12.4. The van der Waals surface area contributed by atoms with Gasteiger partial charge in [0.25, 0.3) is 0 Å². The molecule has 0 saturated heterocycles. The highest BCUT2D eigenvalue weighted by molar-refractivity contribution is 5.33. The van der Waals surface area contributed by atoms with Crippen LogP contribution in [0.25, 0.3) is 0 Å². The van der Waals surface area contributed by atoms with Gasteiger partial charge in [-0.05, 0) is 63.4 Å². The molecule has 0 aromatic heterocycles. The van der Waals surface area contributed by atoms with E-state index in [0.29, 0.717) is 0 Å². The third-order valence-electron chi connectivity index (χ3n) is 3.91. The summed E-state index contributed by atoms with van der Waals surface area (Å²) in [7, 11) is 0. The zero-order chi connectivity index (χ0) is 11.9. The first-order valence-electron chi connectivity index (χ1n) is 7.08. The van der Waals surface area contributed by atoms with Gasteiger partial charge in [-0.3, -0.25) is 0 Å². The Morgan fingerprint density at radius 1 is 1.29 bits per heavy atom. The molecule has 0 saturated carbocycles. The van der Waals surface area contributed by atoms with Crippen LogP contribution >= 0.6 is 0 Å². The fourth-order valence-corrected chi connectivity index (χ4v) is 3.02. The zero-order valence-corrected chi connectivity index (χ0v) is 11.0. The van der Waals surface area contributed by atoms with Gasteiger partial charge in [-0.2, -0.15) is 0 Å². The lowest BCUT2D eigenvalue weighted by atomic mass is 9.77. The second-order valence-electron chi connectivity index (χ2n) is 5.12. The molecule has 0 radical (unpaired) electrons. The topological polar surface area (TPSA) is 0 Å². The lowest BCUT2D eigenvalue weighted by molar-refractivity contribution is 0.469. The number of allylic oxidation sites excluding steroid dienone is 8. The Hall–Kier alpha value is -1.04.